The lowest BCUT2D eigenvalue weighted by Gasteiger charge is -2.15. The van der Waals surface area contributed by atoms with Gasteiger partial charge in [0.2, 0.25) is 5.91 Å². The molecule has 0 fully saturated rings. The molecule has 0 radical (unpaired) electrons. The Labute approximate surface area is 128 Å². The average molecular weight is 301 g/mol. The number of carbonyl (C=O) groups is 2. The molecule has 1 heterocycles. The zero-order chi connectivity index (χ0) is 16.3. The first-order valence-corrected chi connectivity index (χ1v) is 6.96. The minimum absolute atomic E-state index is 0.113. The minimum atomic E-state index is -1.08. The molecule has 0 aliphatic rings. The number of amides is 1. The number of hydrogen-bond acceptors (Lipinski definition) is 3. The van der Waals surface area contributed by atoms with E-state index in [1.165, 1.54) is 0 Å². The molecule has 0 aliphatic carbocycles. The van der Waals surface area contributed by atoms with Crippen LogP contribution in [0.5, 0.6) is 0 Å². The Bertz CT molecular complexity index is 692. The Balaban J connectivity index is 2.14. The van der Waals surface area contributed by atoms with E-state index in [-0.39, 0.29) is 12.3 Å². The number of aliphatic carboxylic acids is 1. The second-order valence-corrected chi connectivity index (χ2v) is 5.20. The van der Waals surface area contributed by atoms with Crippen LogP contribution in [-0.4, -0.2) is 26.8 Å². The van der Waals surface area contributed by atoms with Gasteiger partial charge in [0.1, 0.15) is 0 Å². The van der Waals surface area contributed by atoms with E-state index in [9.17, 15) is 14.7 Å². The van der Waals surface area contributed by atoms with Crippen molar-refractivity contribution in [2.45, 2.75) is 26.3 Å². The van der Waals surface area contributed by atoms with E-state index in [1.807, 2.05) is 20.9 Å². The maximum atomic E-state index is 12.2. The zero-order valence-electron chi connectivity index (χ0n) is 12.8. The summed E-state index contributed by atoms with van der Waals surface area (Å²) >= 11 is 0. The van der Waals surface area contributed by atoms with Crippen molar-refractivity contribution in [2.24, 2.45) is 7.05 Å². The fourth-order valence-corrected chi connectivity index (χ4v) is 2.38. The fraction of sp³-hybridized carbons (Fsp3) is 0.312. The van der Waals surface area contributed by atoms with Crippen LogP contribution in [0.4, 0.5) is 0 Å². The third kappa shape index (κ3) is 3.33. The SMILES string of the molecule is Cc1nn(C)c(C)c1CC(=O)NC(C(=O)O)c1ccccc1. The summed E-state index contributed by atoms with van der Waals surface area (Å²) in [5, 5.41) is 16.1. The highest BCUT2D eigenvalue weighted by molar-refractivity contribution is 5.86. The molecule has 6 nitrogen and oxygen atoms in total. The van der Waals surface area contributed by atoms with Crippen molar-refractivity contribution in [3.63, 3.8) is 0 Å². The normalized spacial score (nSPS) is 12.0. The fourth-order valence-electron chi connectivity index (χ4n) is 2.38. The van der Waals surface area contributed by atoms with E-state index in [1.54, 1.807) is 35.0 Å². The molecule has 6 heteroatoms. The lowest BCUT2D eigenvalue weighted by Crippen LogP contribution is -2.34. The van der Waals surface area contributed by atoms with E-state index < -0.39 is 12.0 Å². The highest BCUT2D eigenvalue weighted by Gasteiger charge is 2.23. The van der Waals surface area contributed by atoms with Crippen LogP contribution in [0, 0.1) is 13.8 Å². The van der Waals surface area contributed by atoms with Gasteiger partial charge < -0.3 is 10.4 Å². The lowest BCUT2D eigenvalue weighted by atomic mass is 10.1. The van der Waals surface area contributed by atoms with E-state index >= 15 is 0 Å². The van der Waals surface area contributed by atoms with E-state index in [0.29, 0.717) is 5.56 Å². The molecule has 0 saturated heterocycles. The molecule has 1 amide bonds. The number of nitrogens with one attached hydrogen (secondary N) is 1. The van der Waals surface area contributed by atoms with Crippen LogP contribution >= 0.6 is 0 Å². The molecule has 0 spiro atoms. The number of benzene rings is 1. The van der Waals surface area contributed by atoms with Crippen molar-refractivity contribution in [3.8, 4) is 0 Å². The second-order valence-electron chi connectivity index (χ2n) is 5.20. The van der Waals surface area contributed by atoms with Gasteiger partial charge in [-0.25, -0.2) is 4.79 Å². The Morgan fingerprint density at radius 2 is 1.91 bits per heavy atom. The van der Waals surface area contributed by atoms with Gasteiger partial charge in [0.25, 0.3) is 0 Å². The van der Waals surface area contributed by atoms with E-state index in [0.717, 1.165) is 17.0 Å². The number of aromatic nitrogens is 2. The summed E-state index contributed by atoms with van der Waals surface area (Å²) in [6.45, 7) is 3.72. The first-order chi connectivity index (χ1) is 10.4. The average Bonchev–Trinajstić information content (AvgIpc) is 2.72. The zero-order valence-corrected chi connectivity index (χ0v) is 12.8. The molecule has 1 aromatic carbocycles. The molecule has 1 unspecified atom stereocenters. The van der Waals surface area contributed by atoms with Crippen molar-refractivity contribution < 1.29 is 14.7 Å². The van der Waals surface area contributed by atoms with Gasteiger partial charge in [-0.05, 0) is 19.4 Å². The van der Waals surface area contributed by atoms with Crippen LogP contribution in [0.15, 0.2) is 30.3 Å². The first kappa shape index (κ1) is 15.8. The van der Waals surface area contributed by atoms with Crippen molar-refractivity contribution in [1.82, 2.24) is 15.1 Å². The Morgan fingerprint density at radius 3 is 2.41 bits per heavy atom. The number of nitrogens with zero attached hydrogens (tertiary/aromatic N) is 2. The monoisotopic (exact) mass is 301 g/mol. The van der Waals surface area contributed by atoms with Crippen molar-refractivity contribution in [3.05, 3.63) is 52.8 Å². The van der Waals surface area contributed by atoms with Crippen LogP contribution in [0.25, 0.3) is 0 Å². The highest BCUT2D eigenvalue weighted by Crippen LogP contribution is 2.15. The molecule has 0 saturated carbocycles. The summed E-state index contributed by atoms with van der Waals surface area (Å²) in [6, 6.07) is 7.59. The third-order valence-corrected chi connectivity index (χ3v) is 3.68. The third-order valence-electron chi connectivity index (χ3n) is 3.68. The van der Waals surface area contributed by atoms with Gasteiger partial charge in [0.05, 0.1) is 12.1 Å². The van der Waals surface area contributed by atoms with Gasteiger partial charge in [-0.15, -0.1) is 0 Å². The largest absolute Gasteiger partial charge is 0.479 e. The predicted octanol–water partition coefficient (Wildman–Crippen LogP) is 1.52. The summed E-state index contributed by atoms with van der Waals surface area (Å²) in [7, 11) is 1.81. The number of rotatable bonds is 5. The smallest absolute Gasteiger partial charge is 0.330 e. The lowest BCUT2D eigenvalue weighted by molar-refractivity contribution is -0.141. The summed E-state index contributed by atoms with van der Waals surface area (Å²) < 4.78 is 1.71. The van der Waals surface area contributed by atoms with E-state index in [2.05, 4.69) is 10.4 Å². The molecule has 1 atom stereocenters. The van der Waals surface area contributed by atoms with Crippen molar-refractivity contribution in [2.75, 3.05) is 0 Å². The predicted molar refractivity (Wildman–Crippen MR) is 81.3 cm³/mol. The highest BCUT2D eigenvalue weighted by atomic mass is 16.4. The molecule has 0 aliphatic heterocycles. The van der Waals surface area contributed by atoms with E-state index in [4.69, 9.17) is 0 Å². The molecular formula is C16H19N3O3. The Kier molecular flexibility index (Phi) is 4.60. The summed E-state index contributed by atoms with van der Waals surface area (Å²) in [5.41, 5.74) is 3.06. The van der Waals surface area contributed by atoms with Gasteiger partial charge in [-0.3, -0.25) is 9.48 Å². The summed E-state index contributed by atoms with van der Waals surface area (Å²) in [6.07, 6.45) is 0.113. The molecule has 2 N–H and O–H groups in total. The second kappa shape index (κ2) is 6.43. The van der Waals surface area contributed by atoms with Gasteiger partial charge >= 0.3 is 5.97 Å². The number of aryl methyl sites for hydroxylation is 2. The standard InChI is InChI=1S/C16H19N3O3/c1-10-13(11(2)19(3)18-10)9-14(20)17-15(16(21)22)12-7-5-4-6-8-12/h4-8,15H,9H2,1-3H3,(H,17,20)(H,21,22). The number of carbonyl (C=O) groups excluding carboxylic acids is 1. The first-order valence-electron chi connectivity index (χ1n) is 6.96. The van der Waals surface area contributed by atoms with Gasteiger partial charge in [0, 0.05) is 18.3 Å². The molecule has 2 aromatic rings. The van der Waals surface area contributed by atoms with Gasteiger partial charge in [-0.1, -0.05) is 30.3 Å². The number of carboxylic acids is 1. The molecule has 22 heavy (non-hydrogen) atoms. The van der Waals surface area contributed by atoms with Crippen LogP contribution < -0.4 is 5.32 Å². The van der Waals surface area contributed by atoms with Gasteiger partial charge in [-0.2, -0.15) is 5.10 Å². The van der Waals surface area contributed by atoms with Crippen LogP contribution in [0.3, 0.4) is 0 Å². The maximum Gasteiger partial charge on any atom is 0.330 e. The molecule has 0 bridgehead atoms. The quantitative estimate of drug-likeness (QED) is 0.877. The Hall–Kier alpha value is -2.63. The van der Waals surface area contributed by atoms with Crippen LogP contribution in [0.2, 0.25) is 0 Å². The summed E-state index contributed by atoms with van der Waals surface area (Å²) in [4.78, 5) is 23.6. The van der Waals surface area contributed by atoms with Crippen LogP contribution in [0.1, 0.15) is 28.6 Å². The van der Waals surface area contributed by atoms with Crippen molar-refractivity contribution in [1.29, 1.82) is 0 Å². The number of carboxylic acid groups (broad SMARTS) is 1. The Morgan fingerprint density at radius 1 is 1.27 bits per heavy atom. The van der Waals surface area contributed by atoms with Gasteiger partial charge in [0.15, 0.2) is 6.04 Å². The maximum absolute atomic E-state index is 12.2. The number of hydrogen-bond donors (Lipinski definition) is 2. The molecule has 1 aromatic heterocycles. The minimum Gasteiger partial charge on any atom is -0.479 e. The summed E-state index contributed by atoms with van der Waals surface area (Å²) in [5.74, 6) is -1.42. The topological polar surface area (TPSA) is 84.2 Å². The van der Waals surface area contributed by atoms with Crippen LogP contribution in [-0.2, 0) is 23.1 Å². The molecule has 2 rings (SSSR count). The van der Waals surface area contributed by atoms with Crippen molar-refractivity contribution >= 4 is 11.9 Å². The molecule has 116 valence electrons. The molecular weight excluding hydrogens is 282 g/mol.